The summed E-state index contributed by atoms with van der Waals surface area (Å²) in [7, 11) is 0. The average molecular weight is 267 g/mol. The van der Waals surface area contributed by atoms with Crippen molar-refractivity contribution in [2.45, 2.75) is 45.4 Å². The van der Waals surface area contributed by atoms with E-state index in [0.717, 1.165) is 24.5 Å². The first-order chi connectivity index (χ1) is 8.73. The van der Waals surface area contributed by atoms with Crippen LogP contribution in [0.1, 0.15) is 45.1 Å². The summed E-state index contributed by atoms with van der Waals surface area (Å²) in [6.45, 7) is 6.90. The fraction of sp³-hybridized carbons (Fsp3) is 0.667. The summed E-state index contributed by atoms with van der Waals surface area (Å²) in [6.07, 6.45) is 7.03. The molecule has 0 aromatic carbocycles. The number of alkyl halides is 1. The largest absolute Gasteiger partial charge is 0.357 e. The van der Waals surface area contributed by atoms with Crippen molar-refractivity contribution in [2.75, 3.05) is 18.0 Å². The molecule has 1 aromatic rings. The Labute approximate surface area is 115 Å². The van der Waals surface area contributed by atoms with E-state index in [4.69, 9.17) is 11.6 Å². The maximum Gasteiger partial charge on any atom is 0.128 e. The molecule has 100 valence electrons. The van der Waals surface area contributed by atoms with Gasteiger partial charge in [0.25, 0.3) is 0 Å². The van der Waals surface area contributed by atoms with E-state index in [1.165, 1.54) is 25.7 Å². The van der Waals surface area contributed by atoms with Gasteiger partial charge in [-0.2, -0.15) is 0 Å². The monoisotopic (exact) mass is 266 g/mol. The zero-order valence-corrected chi connectivity index (χ0v) is 12.2. The van der Waals surface area contributed by atoms with Crippen molar-refractivity contribution >= 4 is 17.4 Å². The number of anilines is 1. The molecule has 0 unspecified atom stereocenters. The van der Waals surface area contributed by atoms with Crippen LogP contribution < -0.4 is 4.90 Å². The Balaban J connectivity index is 2.04. The molecule has 0 N–H and O–H groups in total. The standard InChI is InChI=1S/C15H23ClN2/c1-3-15(4-2)6-9-18(10-7-15)14-11-13(12-16)5-8-17-14/h5,8,11H,3-4,6-7,9-10,12H2,1-2H3. The highest BCUT2D eigenvalue weighted by Gasteiger charge is 2.31. The van der Waals surface area contributed by atoms with E-state index in [-0.39, 0.29) is 0 Å². The number of nitrogens with zero attached hydrogens (tertiary/aromatic N) is 2. The van der Waals surface area contributed by atoms with Crippen LogP contribution in [0.25, 0.3) is 0 Å². The Morgan fingerprint density at radius 3 is 2.50 bits per heavy atom. The number of hydrogen-bond acceptors (Lipinski definition) is 2. The molecule has 0 atom stereocenters. The minimum Gasteiger partial charge on any atom is -0.357 e. The van der Waals surface area contributed by atoms with Gasteiger partial charge in [0.15, 0.2) is 0 Å². The van der Waals surface area contributed by atoms with Crippen molar-refractivity contribution in [1.82, 2.24) is 4.98 Å². The van der Waals surface area contributed by atoms with E-state index in [1.807, 2.05) is 12.3 Å². The number of rotatable bonds is 4. The second-order valence-corrected chi connectivity index (χ2v) is 5.62. The van der Waals surface area contributed by atoms with Crippen molar-refractivity contribution < 1.29 is 0 Å². The molecule has 1 saturated heterocycles. The Morgan fingerprint density at radius 2 is 1.94 bits per heavy atom. The first kappa shape index (κ1) is 13.7. The molecule has 2 rings (SSSR count). The van der Waals surface area contributed by atoms with Crippen molar-refractivity contribution in [3.05, 3.63) is 23.9 Å². The van der Waals surface area contributed by atoms with Crippen LogP contribution in [-0.4, -0.2) is 18.1 Å². The van der Waals surface area contributed by atoms with E-state index >= 15 is 0 Å². The molecule has 1 aromatic heterocycles. The third kappa shape index (κ3) is 2.80. The number of halogens is 1. The van der Waals surface area contributed by atoms with Gasteiger partial charge >= 0.3 is 0 Å². The maximum absolute atomic E-state index is 5.88. The highest BCUT2D eigenvalue weighted by Crippen LogP contribution is 2.38. The second-order valence-electron chi connectivity index (χ2n) is 5.35. The Hall–Kier alpha value is -0.760. The van der Waals surface area contributed by atoms with Gasteiger partial charge in [-0.25, -0.2) is 4.98 Å². The first-order valence-corrected chi connectivity index (χ1v) is 7.52. The van der Waals surface area contributed by atoms with Crippen LogP contribution in [0.3, 0.4) is 0 Å². The lowest BCUT2D eigenvalue weighted by Crippen LogP contribution is -2.40. The summed E-state index contributed by atoms with van der Waals surface area (Å²) >= 11 is 5.88. The molecule has 1 aliphatic rings. The molecule has 1 fully saturated rings. The number of pyridine rings is 1. The quantitative estimate of drug-likeness (QED) is 0.759. The summed E-state index contributed by atoms with van der Waals surface area (Å²) in [5.41, 5.74) is 1.73. The first-order valence-electron chi connectivity index (χ1n) is 6.99. The molecule has 0 bridgehead atoms. The molecular weight excluding hydrogens is 244 g/mol. The normalized spacial score (nSPS) is 18.9. The molecule has 0 saturated carbocycles. The van der Waals surface area contributed by atoms with Gasteiger partial charge in [-0.05, 0) is 36.0 Å². The van der Waals surface area contributed by atoms with Gasteiger partial charge in [-0.1, -0.05) is 26.7 Å². The summed E-state index contributed by atoms with van der Waals surface area (Å²) in [5, 5.41) is 0. The highest BCUT2D eigenvalue weighted by atomic mass is 35.5. The predicted molar refractivity (Wildman–Crippen MR) is 78.3 cm³/mol. The lowest BCUT2D eigenvalue weighted by atomic mass is 9.74. The summed E-state index contributed by atoms with van der Waals surface area (Å²) < 4.78 is 0. The molecule has 18 heavy (non-hydrogen) atoms. The smallest absolute Gasteiger partial charge is 0.128 e. The zero-order chi connectivity index (χ0) is 13.0. The van der Waals surface area contributed by atoms with E-state index < -0.39 is 0 Å². The van der Waals surface area contributed by atoms with Crippen LogP contribution in [0.15, 0.2) is 18.3 Å². The summed E-state index contributed by atoms with van der Waals surface area (Å²) in [5.74, 6) is 1.66. The van der Waals surface area contributed by atoms with E-state index in [0.29, 0.717) is 11.3 Å². The molecule has 0 amide bonds. The summed E-state index contributed by atoms with van der Waals surface area (Å²) in [6, 6.07) is 4.11. The number of hydrogen-bond donors (Lipinski definition) is 0. The van der Waals surface area contributed by atoms with Gasteiger partial charge in [0.05, 0.1) is 0 Å². The van der Waals surface area contributed by atoms with E-state index in [1.54, 1.807) is 0 Å². The van der Waals surface area contributed by atoms with Crippen LogP contribution in [-0.2, 0) is 5.88 Å². The third-order valence-electron chi connectivity index (χ3n) is 4.61. The van der Waals surface area contributed by atoms with Gasteiger partial charge in [0.1, 0.15) is 5.82 Å². The topological polar surface area (TPSA) is 16.1 Å². The fourth-order valence-electron chi connectivity index (χ4n) is 2.88. The van der Waals surface area contributed by atoms with Gasteiger partial charge in [-0.15, -0.1) is 11.6 Å². The molecule has 3 heteroatoms. The molecule has 0 radical (unpaired) electrons. The molecular formula is C15H23ClN2. The second kappa shape index (κ2) is 5.92. The highest BCUT2D eigenvalue weighted by molar-refractivity contribution is 6.17. The van der Waals surface area contributed by atoms with Crippen LogP contribution in [0.4, 0.5) is 5.82 Å². The minimum absolute atomic E-state index is 0.567. The summed E-state index contributed by atoms with van der Waals surface area (Å²) in [4.78, 5) is 6.88. The Bertz CT molecular complexity index is 378. The van der Waals surface area contributed by atoms with Crippen molar-refractivity contribution in [3.8, 4) is 0 Å². The third-order valence-corrected chi connectivity index (χ3v) is 4.92. The molecule has 2 nitrogen and oxygen atoms in total. The SMILES string of the molecule is CCC1(CC)CCN(c2cc(CCl)ccn2)CC1. The van der Waals surface area contributed by atoms with Gasteiger partial charge in [-0.3, -0.25) is 0 Å². The van der Waals surface area contributed by atoms with Crippen molar-refractivity contribution in [1.29, 1.82) is 0 Å². The molecule has 0 aliphatic carbocycles. The zero-order valence-electron chi connectivity index (χ0n) is 11.5. The van der Waals surface area contributed by atoms with Crippen LogP contribution in [0.2, 0.25) is 0 Å². The molecule has 0 spiro atoms. The predicted octanol–water partition coefficient (Wildman–Crippen LogP) is 4.23. The number of piperidine rings is 1. The van der Waals surface area contributed by atoms with Crippen LogP contribution in [0, 0.1) is 5.41 Å². The van der Waals surface area contributed by atoms with Gasteiger partial charge in [0, 0.05) is 25.2 Å². The minimum atomic E-state index is 0.567. The van der Waals surface area contributed by atoms with Crippen molar-refractivity contribution in [3.63, 3.8) is 0 Å². The molecule has 2 heterocycles. The van der Waals surface area contributed by atoms with Crippen LogP contribution in [0.5, 0.6) is 0 Å². The average Bonchev–Trinajstić information content (AvgIpc) is 2.47. The Kier molecular flexibility index (Phi) is 4.50. The van der Waals surface area contributed by atoms with Gasteiger partial charge < -0.3 is 4.90 Å². The van der Waals surface area contributed by atoms with E-state index in [2.05, 4.69) is 29.8 Å². The van der Waals surface area contributed by atoms with Gasteiger partial charge in [0.2, 0.25) is 0 Å². The molecule has 1 aliphatic heterocycles. The fourth-order valence-corrected chi connectivity index (χ4v) is 3.05. The lowest BCUT2D eigenvalue weighted by molar-refractivity contribution is 0.199. The number of aromatic nitrogens is 1. The lowest BCUT2D eigenvalue weighted by Gasteiger charge is -2.41. The van der Waals surface area contributed by atoms with Crippen LogP contribution >= 0.6 is 11.6 Å². The van der Waals surface area contributed by atoms with Crippen molar-refractivity contribution in [2.24, 2.45) is 5.41 Å². The van der Waals surface area contributed by atoms with E-state index in [9.17, 15) is 0 Å². The maximum atomic E-state index is 5.88. The Morgan fingerprint density at radius 1 is 1.28 bits per heavy atom.